The molecule has 244 valence electrons. The number of Topliss-reactive ketones (excluding diaryl/α,β-unsaturated/α-hetero) is 2. The van der Waals surface area contributed by atoms with Gasteiger partial charge in [0.1, 0.15) is 22.8 Å². The number of halogens is 1. The zero-order valence-corrected chi connectivity index (χ0v) is 26.7. The van der Waals surface area contributed by atoms with Crippen LogP contribution in [0.1, 0.15) is 28.7 Å². The fraction of sp³-hybridized carbons (Fsp3) is 0.306. The number of hydrogen-bond acceptors (Lipinski definition) is 9. The lowest BCUT2D eigenvalue weighted by molar-refractivity contribution is -0.153. The minimum Gasteiger partial charge on any atom is -0.508 e. The van der Waals surface area contributed by atoms with E-state index in [0.717, 1.165) is 29.7 Å². The van der Waals surface area contributed by atoms with Crippen LogP contribution in [0.15, 0.2) is 77.6 Å². The minimum absolute atomic E-state index is 0.0293. The number of benzene rings is 3. The molecule has 3 aromatic rings. The molecule has 0 radical (unpaired) electrons. The lowest BCUT2D eigenvalue weighted by Gasteiger charge is -2.50. The summed E-state index contributed by atoms with van der Waals surface area (Å²) in [7, 11) is 3.14. The van der Waals surface area contributed by atoms with Gasteiger partial charge >= 0.3 is 0 Å². The largest absolute Gasteiger partial charge is 0.508 e. The normalized spacial score (nSPS) is 23.9. The minimum atomic E-state index is -2.67. The maximum atomic E-state index is 14.1. The van der Waals surface area contributed by atoms with Gasteiger partial charge in [0.05, 0.1) is 11.6 Å². The highest BCUT2D eigenvalue weighted by atomic mass is 35.5. The van der Waals surface area contributed by atoms with E-state index in [1.54, 1.807) is 20.2 Å². The zero-order valence-electron chi connectivity index (χ0n) is 26.0. The van der Waals surface area contributed by atoms with Gasteiger partial charge in [-0.3, -0.25) is 19.3 Å². The zero-order chi connectivity index (χ0) is 33.8. The SMILES string of the molecule is CN(C)[C@@H]1C(=O)C(C(N)=O)=C(O)[C@@]2(O)C(=O)C3=C(O)c4c(O)ccc(-c5ccc(CNCCc6ccc(Cl)cc6)cc5)c4C[C@H]3C[C@@H]12. The molecule has 3 aromatic carbocycles. The van der Waals surface area contributed by atoms with Gasteiger partial charge < -0.3 is 31.5 Å². The van der Waals surface area contributed by atoms with Crippen molar-refractivity contribution in [2.45, 2.75) is 37.5 Å². The van der Waals surface area contributed by atoms with Crippen LogP contribution in [0.4, 0.5) is 0 Å². The molecule has 0 aromatic heterocycles. The van der Waals surface area contributed by atoms with Gasteiger partial charge in [0.15, 0.2) is 11.4 Å². The number of nitrogens with one attached hydrogen (secondary N) is 1. The number of aromatic hydroxyl groups is 1. The molecule has 7 N–H and O–H groups in total. The Hall–Kier alpha value is -4.48. The number of amides is 1. The molecule has 0 heterocycles. The molecule has 1 saturated carbocycles. The third-order valence-corrected chi connectivity index (χ3v) is 9.95. The van der Waals surface area contributed by atoms with Crippen LogP contribution in [0.25, 0.3) is 16.9 Å². The quantitative estimate of drug-likeness (QED) is 0.156. The average Bonchev–Trinajstić information content (AvgIpc) is 3.02. The highest BCUT2D eigenvalue weighted by molar-refractivity contribution is 6.30. The van der Waals surface area contributed by atoms with E-state index in [0.29, 0.717) is 17.1 Å². The summed E-state index contributed by atoms with van der Waals surface area (Å²) in [6, 6.07) is 17.7. The predicted octanol–water partition coefficient (Wildman–Crippen LogP) is 3.62. The van der Waals surface area contributed by atoms with Crippen LogP contribution in [-0.4, -0.2) is 75.1 Å². The standard InChI is InChI=1S/C36H36ClN3O7/c1-40(2)30-25-16-21-15-24-23(20-7-3-19(4-8-20)17-39-14-13-18-5-9-22(37)10-6-18)11-12-26(41)28(24)31(42)27(21)33(44)36(25,47)34(45)29(32(30)43)35(38)46/h3-12,21,25,30,39,41-42,45,47H,13-17H2,1-2H3,(H2,38,46)/t21-,25-,30-,36-/m0/s1. The van der Waals surface area contributed by atoms with Gasteiger partial charge in [-0.2, -0.15) is 0 Å². The molecular formula is C36H36ClN3O7. The van der Waals surface area contributed by atoms with Crippen molar-refractivity contribution in [3.8, 4) is 16.9 Å². The first-order valence-corrected chi connectivity index (χ1v) is 15.8. The highest BCUT2D eigenvalue weighted by Crippen LogP contribution is 2.53. The van der Waals surface area contributed by atoms with Crippen LogP contribution in [0.3, 0.4) is 0 Å². The molecule has 47 heavy (non-hydrogen) atoms. The maximum Gasteiger partial charge on any atom is 0.255 e. The van der Waals surface area contributed by atoms with Crippen LogP contribution in [0, 0.1) is 11.8 Å². The summed E-state index contributed by atoms with van der Waals surface area (Å²) in [5.74, 6) is -6.73. The molecule has 3 aliphatic rings. The number of fused-ring (bicyclic) bond motifs is 3. The number of nitrogens with two attached hydrogens (primary N) is 1. The fourth-order valence-corrected chi connectivity index (χ4v) is 7.56. The third-order valence-electron chi connectivity index (χ3n) is 9.70. The van der Waals surface area contributed by atoms with Gasteiger partial charge in [-0.25, -0.2) is 0 Å². The number of nitrogens with zero attached hydrogens (tertiary/aromatic N) is 1. The van der Waals surface area contributed by atoms with E-state index in [-0.39, 0.29) is 29.7 Å². The second-order valence-corrected chi connectivity index (χ2v) is 13.1. The number of phenolic OH excluding ortho intramolecular Hbond substituents is 1. The molecule has 0 unspecified atom stereocenters. The summed E-state index contributed by atoms with van der Waals surface area (Å²) in [6.45, 7) is 1.45. The Kier molecular flexibility index (Phi) is 8.48. The van der Waals surface area contributed by atoms with Crippen molar-refractivity contribution < 1.29 is 34.8 Å². The highest BCUT2D eigenvalue weighted by Gasteiger charge is 2.64. The van der Waals surface area contributed by atoms with E-state index in [4.69, 9.17) is 17.3 Å². The summed E-state index contributed by atoms with van der Waals surface area (Å²) < 4.78 is 0. The Morgan fingerprint density at radius 1 is 1.00 bits per heavy atom. The smallest absolute Gasteiger partial charge is 0.255 e. The number of ketones is 2. The Morgan fingerprint density at radius 3 is 2.30 bits per heavy atom. The van der Waals surface area contributed by atoms with Crippen molar-refractivity contribution in [3.05, 3.63) is 105 Å². The van der Waals surface area contributed by atoms with Crippen molar-refractivity contribution in [2.24, 2.45) is 17.6 Å². The second kappa shape index (κ2) is 12.3. The molecule has 3 aliphatic carbocycles. The van der Waals surface area contributed by atoms with E-state index in [9.17, 15) is 34.8 Å². The Bertz CT molecular complexity index is 1850. The number of carbonyl (C=O) groups excluding carboxylic acids is 3. The Balaban J connectivity index is 1.31. The third kappa shape index (κ3) is 5.41. The molecule has 0 bridgehead atoms. The summed E-state index contributed by atoms with van der Waals surface area (Å²) in [5, 5.41) is 49.4. The number of rotatable bonds is 8. The predicted molar refractivity (Wildman–Crippen MR) is 177 cm³/mol. The molecule has 0 spiro atoms. The monoisotopic (exact) mass is 657 g/mol. The van der Waals surface area contributed by atoms with Crippen molar-refractivity contribution in [3.63, 3.8) is 0 Å². The maximum absolute atomic E-state index is 14.1. The van der Waals surface area contributed by atoms with E-state index in [1.165, 1.54) is 16.5 Å². The molecular weight excluding hydrogens is 622 g/mol. The summed E-state index contributed by atoms with van der Waals surface area (Å²) in [6.07, 6.45) is 1.11. The van der Waals surface area contributed by atoms with Crippen LogP contribution >= 0.6 is 11.6 Å². The first kappa shape index (κ1) is 32.5. The Morgan fingerprint density at radius 2 is 1.66 bits per heavy atom. The summed E-state index contributed by atoms with van der Waals surface area (Å²) in [5.41, 5.74) is 6.24. The number of primary amides is 1. The molecule has 0 saturated heterocycles. The van der Waals surface area contributed by atoms with Crippen LogP contribution in [-0.2, 0) is 33.8 Å². The summed E-state index contributed by atoms with van der Waals surface area (Å²) in [4.78, 5) is 41.1. The lowest BCUT2D eigenvalue weighted by Crippen LogP contribution is -2.65. The number of aliphatic hydroxyl groups excluding tert-OH is 2. The van der Waals surface area contributed by atoms with E-state index >= 15 is 0 Å². The second-order valence-electron chi connectivity index (χ2n) is 12.7. The molecule has 4 atom stereocenters. The van der Waals surface area contributed by atoms with E-state index in [1.807, 2.05) is 48.5 Å². The average molecular weight is 658 g/mol. The van der Waals surface area contributed by atoms with Gasteiger partial charge in [-0.05, 0) is 91.8 Å². The molecule has 1 fully saturated rings. The number of carbonyl (C=O) groups is 3. The van der Waals surface area contributed by atoms with Crippen molar-refractivity contribution in [1.29, 1.82) is 0 Å². The fourth-order valence-electron chi connectivity index (χ4n) is 7.43. The van der Waals surface area contributed by atoms with Crippen molar-refractivity contribution in [1.82, 2.24) is 10.2 Å². The van der Waals surface area contributed by atoms with Crippen molar-refractivity contribution in [2.75, 3.05) is 20.6 Å². The van der Waals surface area contributed by atoms with Crippen LogP contribution in [0.5, 0.6) is 5.75 Å². The van der Waals surface area contributed by atoms with Gasteiger partial charge in [0, 0.05) is 23.1 Å². The van der Waals surface area contributed by atoms with Crippen LogP contribution in [0.2, 0.25) is 5.02 Å². The molecule has 1 amide bonds. The molecule has 10 nitrogen and oxygen atoms in total. The first-order chi connectivity index (χ1) is 22.3. The number of aliphatic hydroxyl groups is 3. The molecule has 0 aliphatic heterocycles. The number of phenols is 1. The van der Waals surface area contributed by atoms with Gasteiger partial charge in [0.25, 0.3) is 5.91 Å². The first-order valence-electron chi connectivity index (χ1n) is 15.4. The number of likely N-dealkylation sites (N-methyl/N-ethyl adjacent to an activating group) is 1. The van der Waals surface area contributed by atoms with E-state index < -0.39 is 58.0 Å². The van der Waals surface area contributed by atoms with Crippen LogP contribution < -0.4 is 11.1 Å². The van der Waals surface area contributed by atoms with Gasteiger partial charge in [0.2, 0.25) is 5.78 Å². The van der Waals surface area contributed by atoms with Gasteiger partial charge in [-0.15, -0.1) is 0 Å². The Labute approximate surface area is 276 Å². The summed E-state index contributed by atoms with van der Waals surface area (Å²) >= 11 is 5.97. The topological polar surface area (TPSA) is 173 Å². The van der Waals surface area contributed by atoms with Gasteiger partial charge in [-0.1, -0.05) is 54.1 Å². The van der Waals surface area contributed by atoms with Crippen molar-refractivity contribution >= 4 is 34.8 Å². The number of hydrogen-bond donors (Lipinski definition) is 6. The van der Waals surface area contributed by atoms with E-state index in [2.05, 4.69) is 5.32 Å². The molecule has 6 rings (SSSR count). The molecule has 11 heteroatoms. The lowest BCUT2D eigenvalue weighted by atomic mass is 9.57.